The second-order valence-corrected chi connectivity index (χ2v) is 8.49. The minimum Gasteiger partial charge on any atom is -0.370 e. The van der Waals surface area contributed by atoms with Gasteiger partial charge in [0, 0.05) is 12.7 Å². The minimum absolute atomic E-state index is 0.103. The summed E-state index contributed by atoms with van der Waals surface area (Å²) in [5.41, 5.74) is 5.36. The first kappa shape index (κ1) is 19.1. The van der Waals surface area contributed by atoms with Crippen molar-refractivity contribution in [3.63, 3.8) is 0 Å². The van der Waals surface area contributed by atoms with Crippen molar-refractivity contribution in [2.75, 3.05) is 13.2 Å². The van der Waals surface area contributed by atoms with E-state index in [0.29, 0.717) is 13.2 Å². The van der Waals surface area contributed by atoms with Gasteiger partial charge in [0.2, 0.25) is 5.91 Å². The molecule has 1 aromatic heterocycles. The van der Waals surface area contributed by atoms with Crippen LogP contribution in [-0.2, 0) is 27.9 Å². The predicted octanol–water partition coefficient (Wildman–Crippen LogP) is 3.70. The van der Waals surface area contributed by atoms with Crippen molar-refractivity contribution >= 4 is 5.91 Å². The first-order chi connectivity index (χ1) is 14.6. The molecule has 1 aliphatic heterocycles. The average molecular weight is 402 g/mol. The van der Waals surface area contributed by atoms with Gasteiger partial charge < -0.3 is 10.1 Å². The fourth-order valence-electron chi connectivity index (χ4n) is 4.34. The standard InChI is InChI=1S/C25H27N3O2/c1-18-7-9-21(10-8-18)25(12-13-25)24(29)26-15-22-23-20(11-14-30-22)17-28(27-23)16-19-5-3-2-4-6-19/h2-10,17,22H,11-16H2,1H3,(H,26,29)/t22-/m0/s1. The maximum Gasteiger partial charge on any atom is 0.230 e. The molecule has 1 N–H and O–H groups in total. The van der Waals surface area contributed by atoms with E-state index in [9.17, 15) is 4.79 Å². The van der Waals surface area contributed by atoms with Crippen LogP contribution in [0.15, 0.2) is 60.8 Å². The van der Waals surface area contributed by atoms with Gasteiger partial charge >= 0.3 is 0 Å². The van der Waals surface area contributed by atoms with Crippen LogP contribution in [0.1, 0.15) is 46.9 Å². The van der Waals surface area contributed by atoms with Crippen molar-refractivity contribution < 1.29 is 9.53 Å². The summed E-state index contributed by atoms with van der Waals surface area (Å²) >= 11 is 0. The number of nitrogens with one attached hydrogen (secondary N) is 1. The van der Waals surface area contributed by atoms with E-state index >= 15 is 0 Å². The molecule has 1 aliphatic carbocycles. The molecule has 154 valence electrons. The monoisotopic (exact) mass is 401 g/mol. The van der Waals surface area contributed by atoms with Crippen LogP contribution in [0, 0.1) is 6.92 Å². The van der Waals surface area contributed by atoms with Gasteiger partial charge in [0.15, 0.2) is 0 Å². The smallest absolute Gasteiger partial charge is 0.230 e. The number of amides is 1. The molecule has 30 heavy (non-hydrogen) atoms. The molecule has 0 saturated heterocycles. The van der Waals surface area contributed by atoms with Crippen LogP contribution < -0.4 is 5.32 Å². The highest BCUT2D eigenvalue weighted by Gasteiger charge is 2.51. The lowest BCUT2D eigenvalue weighted by Crippen LogP contribution is -2.38. The lowest BCUT2D eigenvalue weighted by molar-refractivity contribution is -0.124. The molecule has 2 heterocycles. The summed E-state index contributed by atoms with van der Waals surface area (Å²) in [4.78, 5) is 13.0. The number of aryl methyl sites for hydroxylation is 1. The van der Waals surface area contributed by atoms with E-state index in [1.54, 1.807) is 0 Å². The summed E-state index contributed by atoms with van der Waals surface area (Å²) in [5, 5.41) is 7.95. The molecule has 0 radical (unpaired) electrons. The van der Waals surface area contributed by atoms with E-state index < -0.39 is 0 Å². The number of hydrogen-bond donors (Lipinski definition) is 1. The van der Waals surface area contributed by atoms with E-state index in [0.717, 1.165) is 37.1 Å². The number of hydrogen-bond acceptors (Lipinski definition) is 3. The maximum absolute atomic E-state index is 13.0. The highest BCUT2D eigenvalue weighted by Crippen LogP contribution is 2.48. The largest absolute Gasteiger partial charge is 0.370 e. The molecule has 5 heteroatoms. The average Bonchev–Trinajstić information content (AvgIpc) is 3.47. The quantitative estimate of drug-likeness (QED) is 0.685. The molecule has 1 saturated carbocycles. The Bertz CT molecular complexity index is 1040. The van der Waals surface area contributed by atoms with Gasteiger partial charge in [0.05, 0.1) is 24.3 Å². The van der Waals surface area contributed by atoms with Crippen LogP contribution in [0.5, 0.6) is 0 Å². The van der Waals surface area contributed by atoms with Crippen LogP contribution in [-0.4, -0.2) is 28.8 Å². The number of ether oxygens (including phenoxy) is 1. The Morgan fingerprint density at radius 1 is 1.17 bits per heavy atom. The molecular weight excluding hydrogens is 374 g/mol. The van der Waals surface area contributed by atoms with Crippen molar-refractivity contribution in [1.82, 2.24) is 15.1 Å². The molecule has 0 bridgehead atoms. The van der Waals surface area contributed by atoms with Gasteiger partial charge in [0.25, 0.3) is 0 Å². The highest BCUT2D eigenvalue weighted by atomic mass is 16.5. The molecule has 2 aromatic carbocycles. The Labute approximate surface area is 177 Å². The molecule has 1 atom stereocenters. The Balaban J connectivity index is 1.27. The zero-order chi connectivity index (χ0) is 20.6. The number of rotatable bonds is 6. The second kappa shape index (κ2) is 7.73. The van der Waals surface area contributed by atoms with Crippen LogP contribution in [0.4, 0.5) is 0 Å². The third-order valence-corrected chi connectivity index (χ3v) is 6.29. The summed E-state index contributed by atoms with van der Waals surface area (Å²) in [6.07, 6.45) is 4.61. The fraction of sp³-hybridized carbons (Fsp3) is 0.360. The third-order valence-electron chi connectivity index (χ3n) is 6.29. The van der Waals surface area contributed by atoms with Crippen molar-refractivity contribution in [2.24, 2.45) is 0 Å². The zero-order valence-electron chi connectivity index (χ0n) is 17.3. The molecule has 1 amide bonds. The van der Waals surface area contributed by atoms with E-state index in [1.807, 2.05) is 22.9 Å². The van der Waals surface area contributed by atoms with Gasteiger partial charge in [-0.05, 0) is 42.9 Å². The Kier molecular flexibility index (Phi) is 4.91. The van der Waals surface area contributed by atoms with E-state index in [1.165, 1.54) is 16.7 Å². The molecular formula is C25H27N3O2. The van der Waals surface area contributed by atoms with Gasteiger partial charge in [-0.2, -0.15) is 5.10 Å². The molecule has 5 rings (SSSR count). The summed E-state index contributed by atoms with van der Waals surface area (Å²) in [5.74, 6) is 0.103. The molecule has 2 aliphatic rings. The summed E-state index contributed by atoms with van der Waals surface area (Å²) in [6.45, 7) is 3.93. The minimum atomic E-state index is -0.363. The number of fused-ring (bicyclic) bond motifs is 1. The van der Waals surface area contributed by atoms with Gasteiger partial charge in [-0.15, -0.1) is 0 Å². The Morgan fingerprint density at radius 3 is 2.67 bits per heavy atom. The zero-order valence-corrected chi connectivity index (χ0v) is 17.3. The van der Waals surface area contributed by atoms with Crippen molar-refractivity contribution in [3.8, 4) is 0 Å². The van der Waals surface area contributed by atoms with Crippen molar-refractivity contribution in [2.45, 2.75) is 44.2 Å². The topological polar surface area (TPSA) is 56.1 Å². The molecule has 1 fully saturated rings. The van der Waals surface area contributed by atoms with Crippen LogP contribution in [0.2, 0.25) is 0 Å². The summed E-state index contributed by atoms with van der Waals surface area (Å²) in [6, 6.07) is 18.7. The maximum atomic E-state index is 13.0. The molecule has 0 spiro atoms. The van der Waals surface area contributed by atoms with Crippen molar-refractivity contribution in [1.29, 1.82) is 0 Å². The first-order valence-corrected chi connectivity index (χ1v) is 10.7. The number of benzene rings is 2. The van der Waals surface area contributed by atoms with Gasteiger partial charge in [-0.25, -0.2) is 0 Å². The van der Waals surface area contributed by atoms with Crippen LogP contribution >= 0.6 is 0 Å². The molecule has 0 unspecified atom stereocenters. The van der Waals surface area contributed by atoms with Gasteiger partial charge in [0.1, 0.15) is 6.10 Å². The number of carbonyl (C=O) groups excluding carboxylic acids is 1. The lowest BCUT2D eigenvalue weighted by atomic mass is 9.94. The fourth-order valence-corrected chi connectivity index (χ4v) is 4.34. The third kappa shape index (κ3) is 3.65. The summed E-state index contributed by atoms with van der Waals surface area (Å²) in [7, 11) is 0. The van der Waals surface area contributed by atoms with Gasteiger partial charge in [-0.3, -0.25) is 9.48 Å². The number of aromatic nitrogens is 2. The molecule has 5 nitrogen and oxygen atoms in total. The van der Waals surface area contributed by atoms with Crippen LogP contribution in [0.25, 0.3) is 0 Å². The van der Waals surface area contributed by atoms with E-state index in [4.69, 9.17) is 9.84 Å². The van der Waals surface area contributed by atoms with E-state index in [-0.39, 0.29) is 17.4 Å². The second-order valence-electron chi connectivity index (χ2n) is 8.49. The highest BCUT2D eigenvalue weighted by molar-refractivity contribution is 5.91. The normalized spacial score (nSPS) is 19.2. The first-order valence-electron chi connectivity index (χ1n) is 10.7. The predicted molar refractivity (Wildman–Crippen MR) is 115 cm³/mol. The lowest BCUT2D eigenvalue weighted by Gasteiger charge is -2.24. The van der Waals surface area contributed by atoms with E-state index in [2.05, 4.69) is 54.8 Å². The Morgan fingerprint density at radius 2 is 1.93 bits per heavy atom. The van der Waals surface area contributed by atoms with Crippen molar-refractivity contribution in [3.05, 3.63) is 88.7 Å². The van der Waals surface area contributed by atoms with Crippen LogP contribution in [0.3, 0.4) is 0 Å². The molecule has 3 aromatic rings. The Hall–Kier alpha value is -2.92. The number of carbonyl (C=O) groups is 1. The SMILES string of the molecule is Cc1ccc(C2(C(=O)NC[C@@H]3OCCc4cn(Cc5ccccc5)nc43)CC2)cc1. The van der Waals surface area contributed by atoms with Gasteiger partial charge in [-0.1, -0.05) is 60.2 Å². The number of nitrogens with zero attached hydrogens (tertiary/aromatic N) is 2. The summed E-state index contributed by atoms with van der Waals surface area (Å²) < 4.78 is 7.97.